The van der Waals surface area contributed by atoms with Crippen molar-refractivity contribution < 1.29 is 19.4 Å². The molecule has 1 unspecified atom stereocenters. The van der Waals surface area contributed by atoms with Gasteiger partial charge in [0.2, 0.25) is 11.8 Å². The highest BCUT2D eigenvalue weighted by atomic mass is 16.5. The maximum Gasteiger partial charge on any atom is 0.225 e. The molecule has 0 bridgehead atoms. The summed E-state index contributed by atoms with van der Waals surface area (Å²) in [5.41, 5.74) is -1.06. The van der Waals surface area contributed by atoms with Gasteiger partial charge >= 0.3 is 0 Å². The molecule has 6 nitrogen and oxygen atoms in total. The van der Waals surface area contributed by atoms with E-state index in [1.165, 1.54) is 0 Å². The van der Waals surface area contributed by atoms with Crippen LogP contribution >= 0.6 is 0 Å². The Bertz CT molecular complexity index is 426. The topological polar surface area (TPSA) is 78.9 Å². The van der Waals surface area contributed by atoms with Gasteiger partial charge in [0.05, 0.1) is 18.1 Å². The zero-order valence-electron chi connectivity index (χ0n) is 13.9. The lowest BCUT2D eigenvalue weighted by Gasteiger charge is -2.33. The van der Waals surface area contributed by atoms with Gasteiger partial charge in [-0.15, -0.1) is 13.2 Å². The fourth-order valence-corrected chi connectivity index (χ4v) is 2.71. The second-order valence-electron chi connectivity index (χ2n) is 6.00. The molecular weight excluding hydrogens is 296 g/mol. The molecule has 23 heavy (non-hydrogen) atoms. The van der Waals surface area contributed by atoms with Crippen LogP contribution in [0.1, 0.15) is 25.7 Å². The highest BCUT2D eigenvalue weighted by molar-refractivity contribution is 5.83. The summed E-state index contributed by atoms with van der Waals surface area (Å²) < 4.78 is 4.99. The summed E-state index contributed by atoms with van der Waals surface area (Å²) in [5, 5.41) is 13.2. The number of carbonyl (C=O) groups is 2. The van der Waals surface area contributed by atoms with Gasteiger partial charge in [-0.25, -0.2) is 0 Å². The van der Waals surface area contributed by atoms with Crippen LogP contribution in [0.5, 0.6) is 0 Å². The minimum absolute atomic E-state index is 0.0564. The van der Waals surface area contributed by atoms with Crippen LogP contribution in [0.25, 0.3) is 0 Å². The second-order valence-corrected chi connectivity index (χ2v) is 6.00. The van der Waals surface area contributed by atoms with E-state index in [0.29, 0.717) is 45.4 Å². The van der Waals surface area contributed by atoms with E-state index in [1.54, 1.807) is 24.2 Å². The standard InChI is InChI=1S/C17H28N2O4/c1-4-8-17(22,9-5-2)13-18-16(21)14-6-7-15(20)19(12-14)10-11-23-3/h4-5,14,22H,1-2,6-13H2,3H3,(H,18,21). The van der Waals surface area contributed by atoms with Crippen molar-refractivity contribution in [3.8, 4) is 0 Å². The Balaban J connectivity index is 2.54. The molecule has 1 aliphatic rings. The van der Waals surface area contributed by atoms with Crippen molar-refractivity contribution in [1.29, 1.82) is 0 Å². The fraction of sp³-hybridized carbons (Fsp3) is 0.647. The summed E-state index contributed by atoms with van der Waals surface area (Å²) >= 11 is 0. The van der Waals surface area contributed by atoms with Gasteiger partial charge in [-0.1, -0.05) is 12.2 Å². The molecule has 1 fully saturated rings. The third-order valence-electron chi connectivity index (χ3n) is 4.08. The monoisotopic (exact) mass is 324 g/mol. The molecule has 1 heterocycles. The summed E-state index contributed by atoms with van der Waals surface area (Å²) in [4.78, 5) is 25.8. The van der Waals surface area contributed by atoms with Crippen LogP contribution in [0.4, 0.5) is 0 Å². The van der Waals surface area contributed by atoms with E-state index in [4.69, 9.17) is 4.74 Å². The second kappa shape index (κ2) is 9.47. The normalized spacial score (nSPS) is 18.6. The Kier molecular flexibility index (Phi) is 7.98. The van der Waals surface area contributed by atoms with Gasteiger partial charge in [-0.05, 0) is 19.3 Å². The maximum absolute atomic E-state index is 12.3. The number of ether oxygens (including phenoxy) is 1. The molecule has 0 saturated carbocycles. The Labute approximate surface area is 138 Å². The van der Waals surface area contributed by atoms with Crippen molar-refractivity contribution >= 4 is 11.8 Å². The van der Waals surface area contributed by atoms with Gasteiger partial charge in [-0.2, -0.15) is 0 Å². The van der Waals surface area contributed by atoms with Crippen molar-refractivity contribution in [3.05, 3.63) is 25.3 Å². The van der Waals surface area contributed by atoms with E-state index in [9.17, 15) is 14.7 Å². The molecule has 1 rings (SSSR count). The number of carbonyl (C=O) groups excluding carboxylic acids is 2. The van der Waals surface area contributed by atoms with Gasteiger partial charge in [0.1, 0.15) is 0 Å². The van der Waals surface area contributed by atoms with Gasteiger partial charge in [0.15, 0.2) is 0 Å². The van der Waals surface area contributed by atoms with Crippen molar-refractivity contribution in [1.82, 2.24) is 10.2 Å². The largest absolute Gasteiger partial charge is 0.387 e. The third-order valence-corrected chi connectivity index (χ3v) is 4.08. The Morgan fingerprint density at radius 2 is 2.13 bits per heavy atom. The highest BCUT2D eigenvalue weighted by Gasteiger charge is 2.31. The number of methoxy groups -OCH3 is 1. The van der Waals surface area contributed by atoms with E-state index in [2.05, 4.69) is 18.5 Å². The lowest BCUT2D eigenvalue weighted by Crippen LogP contribution is -2.49. The summed E-state index contributed by atoms with van der Waals surface area (Å²) in [5.74, 6) is -0.325. The first kappa shape index (κ1) is 19.4. The molecule has 1 atom stereocenters. The van der Waals surface area contributed by atoms with Gasteiger partial charge in [-0.3, -0.25) is 9.59 Å². The summed E-state index contributed by atoms with van der Waals surface area (Å²) in [6.07, 6.45) is 4.91. The van der Waals surface area contributed by atoms with Crippen LogP contribution in [-0.2, 0) is 14.3 Å². The molecule has 0 aromatic carbocycles. The average Bonchev–Trinajstić information content (AvgIpc) is 2.52. The average molecular weight is 324 g/mol. The third kappa shape index (κ3) is 6.15. The lowest BCUT2D eigenvalue weighted by atomic mass is 9.93. The van der Waals surface area contributed by atoms with Crippen LogP contribution < -0.4 is 5.32 Å². The summed E-state index contributed by atoms with van der Waals surface area (Å²) in [7, 11) is 1.58. The number of rotatable bonds is 10. The Morgan fingerprint density at radius 3 is 2.70 bits per heavy atom. The molecule has 2 N–H and O–H groups in total. The van der Waals surface area contributed by atoms with E-state index in [-0.39, 0.29) is 24.3 Å². The number of nitrogens with one attached hydrogen (secondary N) is 1. The predicted molar refractivity (Wildman–Crippen MR) is 88.8 cm³/mol. The lowest BCUT2D eigenvalue weighted by molar-refractivity contribution is -0.139. The fourth-order valence-electron chi connectivity index (χ4n) is 2.71. The Morgan fingerprint density at radius 1 is 1.48 bits per heavy atom. The summed E-state index contributed by atoms with van der Waals surface area (Å²) in [6, 6.07) is 0. The van der Waals surface area contributed by atoms with Crippen LogP contribution in [0, 0.1) is 5.92 Å². The first-order chi connectivity index (χ1) is 11.0. The van der Waals surface area contributed by atoms with E-state index in [0.717, 1.165) is 0 Å². The Hall–Kier alpha value is -1.66. The van der Waals surface area contributed by atoms with Gasteiger partial charge in [0.25, 0.3) is 0 Å². The number of hydrogen-bond acceptors (Lipinski definition) is 4. The van der Waals surface area contributed by atoms with Gasteiger partial charge in [0, 0.05) is 33.2 Å². The van der Waals surface area contributed by atoms with Crippen LogP contribution in [-0.4, -0.2) is 60.8 Å². The molecular formula is C17H28N2O4. The molecule has 2 amide bonds. The number of likely N-dealkylation sites (tertiary alicyclic amines) is 1. The number of amides is 2. The number of nitrogens with zero attached hydrogens (tertiary/aromatic N) is 1. The SMILES string of the molecule is C=CCC(O)(CC=C)CNC(=O)C1CCC(=O)N(CCOC)C1. The molecule has 0 aliphatic carbocycles. The van der Waals surface area contributed by atoms with E-state index in [1.807, 2.05) is 0 Å². The molecule has 130 valence electrons. The van der Waals surface area contributed by atoms with Crippen molar-refractivity contribution in [3.63, 3.8) is 0 Å². The molecule has 1 aliphatic heterocycles. The first-order valence-corrected chi connectivity index (χ1v) is 7.94. The number of hydrogen-bond donors (Lipinski definition) is 2. The number of piperidine rings is 1. The van der Waals surface area contributed by atoms with Crippen molar-refractivity contribution in [2.75, 3.05) is 33.4 Å². The minimum atomic E-state index is -1.06. The van der Waals surface area contributed by atoms with E-state index < -0.39 is 5.60 Å². The van der Waals surface area contributed by atoms with E-state index >= 15 is 0 Å². The molecule has 6 heteroatoms. The maximum atomic E-state index is 12.3. The first-order valence-electron chi connectivity index (χ1n) is 7.94. The minimum Gasteiger partial charge on any atom is -0.387 e. The zero-order valence-corrected chi connectivity index (χ0v) is 13.9. The highest BCUT2D eigenvalue weighted by Crippen LogP contribution is 2.19. The quantitative estimate of drug-likeness (QED) is 0.585. The van der Waals surface area contributed by atoms with Crippen LogP contribution in [0.2, 0.25) is 0 Å². The molecule has 0 spiro atoms. The van der Waals surface area contributed by atoms with Crippen molar-refractivity contribution in [2.24, 2.45) is 5.92 Å². The number of aliphatic hydroxyl groups is 1. The molecule has 0 aromatic rings. The molecule has 0 aromatic heterocycles. The smallest absolute Gasteiger partial charge is 0.225 e. The molecule has 1 saturated heterocycles. The van der Waals surface area contributed by atoms with Crippen LogP contribution in [0.3, 0.4) is 0 Å². The molecule has 0 radical (unpaired) electrons. The predicted octanol–water partition coefficient (Wildman–Crippen LogP) is 0.871. The van der Waals surface area contributed by atoms with Crippen LogP contribution in [0.15, 0.2) is 25.3 Å². The van der Waals surface area contributed by atoms with Crippen molar-refractivity contribution in [2.45, 2.75) is 31.3 Å². The summed E-state index contributed by atoms with van der Waals surface area (Å²) in [6.45, 7) is 8.75. The zero-order chi connectivity index (χ0) is 17.3. The van der Waals surface area contributed by atoms with Gasteiger partial charge < -0.3 is 20.1 Å².